The quantitative estimate of drug-likeness (QED) is 0.434. The van der Waals surface area contributed by atoms with E-state index in [9.17, 15) is 0 Å². The predicted molar refractivity (Wildman–Crippen MR) is 116 cm³/mol. The summed E-state index contributed by atoms with van der Waals surface area (Å²) in [7, 11) is 0. The van der Waals surface area contributed by atoms with Crippen molar-refractivity contribution in [1.29, 1.82) is 0 Å². The largest absolute Gasteiger partial charge is 0.489 e. The van der Waals surface area contributed by atoms with Gasteiger partial charge in [0.05, 0.1) is 6.61 Å². The van der Waals surface area contributed by atoms with Gasteiger partial charge in [0.15, 0.2) is 0 Å². The summed E-state index contributed by atoms with van der Waals surface area (Å²) in [5.74, 6) is 1.57. The van der Waals surface area contributed by atoms with Gasteiger partial charge >= 0.3 is 0 Å². The second-order valence-electron chi connectivity index (χ2n) is 6.51. The first kappa shape index (κ1) is 20.4. The molecule has 0 saturated heterocycles. The highest BCUT2D eigenvalue weighted by Gasteiger charge is 2.06. The van der Waals surface area contributed by atoms with Crippen LogP contribution >= 0.6 is 15.9 Å². The maximum Gasteiger partial charge on any atom is 0.213 e. The zero-order valence-electron chi connectivity index (χ0n) is 16.0. The van der Waals surface area contributed by atoms with Crippen molar-refractivity contribution in [2.24, 2.45) is 0 Å². The molecule has 2 aromatic carbocycles. The third-order valence-electron chi connectivity index (χ3n) is 4.37. The fraction of sp³-hybridized carbons (Fsp3) is 0.261. The minimum atomic E-state index is 0.569. The van der Waals surface area contributed by atoms with Crippen molar-refractivity contribution in [3.63, 3.8) is 0 Å². The van der Waals surface area contributed by atoms with Crippen LogP contribution < -0.4 is 14.8 Å². The van der Waals surface area contributed by atoms with Crippen LogP contribution in [-0.2, 0) is 13.2 Å². The van der Waals surface area contributed by atoms with E-state index >= 15 is 0 Å². The number of ether oxygens (including phenoxy) is 2. The molecule has 146 valence electrons. The first-order valence-electron chi connectivity index (χ1n) is 9.42. The van der Waals surface area contributed by atoms with Crippen LogP contribution in [0, 0.1) is 6.92 Å². The summed E-state index contributed by atoms with van der Waals surface area (Å²) in [5, 5.41) is 3.46. The Labute approximate surface area is 175 Å². The molecule has 1 heterocycles. The molecule has 5 heteroatoms. The van der Waals surface area contributed by atoms with Crippen LogP contribution in [0.15, 0.2) is 71.3 Å². The molecular weight excluding hydrogens is 416 g/mol. The zero-order valence-corrected chi connectivity index (χ0v) is 17.6. The number of aryl methyl sites for hydroxylation is 1. The lowest BCUT2D eigenvalue weighted by Crippen LogP contribution is -2.17. The lowest BCUT2D eigenvalue weighted by Gasteiger charge is -2.14. The van der Waals surface area contributed by atoms with Gasteiger partial charge in [-0.2, -0.15) is 0 Å². The second kappa shape index (κ2) is 10.8. The number of aromatic nitrogens is 1. The van der Waals surface area contributed by atoms with Crippen LogP contribution in [0.3, 0.4) is 0 Å². The maximum absolute atomic E-state index is 6.10. The molecule has 4 nitrogen and oxygen atoms in total. The van der Waals surface area contributed by atoms with Gasteiger partial charge in [-0.3, -0.25) is 0 Å². The lowest BCUT2D eigenvalue weighted by atomic mass is 10.1. The smallest absolute Gasteiger partial charge is 0.213 e. The van der Waals surface area contributed by atoms with Crippen LogP contribution in [0.4, 0.5) is 0 Å². The monoisotopic (exact) mass is 440 g/mol. The third kappa shape index (κ3) is 6.36. The van der Waals surface area contributed by atoms with Gasteiger partial charge in [0.1, 0.15) is 12.4 Å². The molecule has 0 saturated carbocycles. The number of benzene rings is 2. The van der Waals surface area contributed by atoms with Crippen molar-refractivity contribution in [3.8, 4) is 11.6 Å². The molecule has 0 aliphatic carbocycles. The standard InChI is InChI=1S/C23H25BrN2O2/c1-18-7-2-3-8-19(18)17-28-22-11-10-21(24)15-20(22)16-25-12-6-14-27-23-9-4-5-13-26-23/h2-5,7-11,13,15,25H,6,12,14,16-17H2,1H3. The molecule has 3 aromatic rings. The first-order chi connectivity index (χ1) is 13.7. The van der Waals surface area contributed by atoms with E-state index in [1.54, 1.807) is 6.20 Å². The van der Waals surface area contributed by atoms with E-state index in [0.29, 0.717) is 19.1 Å². The molecule has 28 heavy (non-hydrogen) atoms. The molecule has 0 atom stereocenters. The molecule has 0 amide bonds. The Morgan fingerprint density at radius 3 is 2.64 bits per heavy atom. The van der Waals surface area contributed by atoms with Gasteiger partial charge in [-0.1, -0.05) is 46.3 Å². The average molecular weight is 441 g/mol. The van der Waals surface area contributed by atoms with E-state index in [-0.39, 0.29) is 0 Å². The third-order valence-corrected chi connectivity index (χ3v) is 4.86. The van der Waals surface area contributed by atoms with E-state index < -0.39 is 0 Å². The topological polar surface area (TPSA) is 43.4 Å². The molecule has 0 spiro atoms. The summed E-state index contributed by atoms with van der Waals surface area (Å²) >= 11 is 3.55. The van der Waals surface area contributed by atoms with Crippen LogP contribution in [0.2, 0.25) is 0 Å². The molecule has 1 N–H and O–H groups in total. The van der Waals surface area contributed by atoms with Gasteiger partial charge in [0.25, 0.3) is 0 Å². The number of nitrogens with one attached hydrogen (secondary N) is 1. The molecule has 0 aliphatic rings. The summed E-state index contributed by atoms with van der Waals surface area (Å²) in [6.45, 7) is 4.91. The Morgan fingerprint density at radius 2 is 1.82 bits per heavy atom. The highest BCUT2D eigenvalue weighted by atomic mass is 79.9. The number of hydrogen-bond donors (Lipinski definition) is 1. The fourth-order valence-corrected chi connectivity index (χ4v) is 3.19. The molecule has 0 bridgehead atoms. The lowest BCUT2D eigenvalue weighted by molar-refractivity contribution is 0.294. The number of hydrogen-bond acceptors (Lipinski definition) is 4. The summed E-state index contributed by atoms with van der Waals surface area (Å²) in [4.78, 5) is 4.15. The van der Waals surface area contributed by atoms with Gasteiger partial charge in [-0.05, 0) is 55.3 Å². The number of nitrogens with zero attached hydrogens (tertiary/aromatic N) is 1. The van der Waals surface area contributed by atoms with Crippen LogP contribution in [0.1, 0.15) is 23.1 Å². The van der Waals surface area contributed by atoms with Crippen molar-refractivity contribution in [2.75, 3.05) is 13.2 Å². The highest BCUT2D eigenvalue weighted by Crippen LogP contribution is 2.24. The normalized spacial score (nSPS) is 10.6. The van der Waals surface area contributed by atoms with Crippen molar-refractivity contribution in [2.45, 2.75) is 26.5 Å². The number of rotatable bonds is 10. The van der Waals surface area contributed by atoms with E-state index in [4.69, 9.17) is 9.47 Å². The number of halogens is 1. The molecule has 0 fully saturated rings. The van der Waals surface area contributed by atoms with Crippen molar-refractivity contribution < 1.29 is 9.47 Å². The Balaban J connectivity index is 1.46. The molecule has 1 aromatic heterocycles. The predicted octanol–water partition coefficient (Wildman–Crippen LogP) is 5.29. The van der Waals surface area contributed by atoms with Crippen molar-refractivity contribution in [1.82, 2.24) is 10.3 Å². The SMILES string of the molecule is Cc1ccccc1COc1ccc(Br)cc1CNCCCOc1ccccn1. The van der Waals surface area contributed by atoms with Gasteiger partial charge in [-0.25, -0.2) is 4.98 Å². The van der Waals surface area contributed by atoms with Gasteiger partial charge in [-0.15, -0.1) is 0 Å². The van der Waals surface area contributed by atoms with Gasteiger partial charge in [0, 0.05) is 28.8 Å². The van der Waals surface area contributed by atoms with Crippen LogP contribution in [0.5, 0.6) is 11.6 Å². The Bertz CT molecular complexity index is 871. The Kier molecular flexibility index (Phi) is 7.88. The second-order valence-corrected chi connectivity index (χ2v) is 7.43. The van der Waals surface area contributed by atoms with Gasteiger partial charge < -0.3 is 14.8 Å². The van der Waals surface area contributed by atoms with Gasteiger partial charge in [0.2, 0.25) is 5.88 Å². The Morgan fingerprint density at radius 1 is 0.964 bits per heavy atom. The zero-order chi connectivity index (χ0) is 19.6. The highest BCUT2D eigenvalue weighted by molar-refractivity contribution is 9.10. The van der Waals surface area contributed by atoms with E-state index in [2.05, 4.69) is 51.4 Å². The minimum absolute atomic E-state index is 0.569. The molecule has 0 aliphatic heterocycles. The molecule has 3 rings (SSSR count). The van der Waals surface area contributed by atoms with E-state index in [1.165, 1.54) is 11.1 Å². The van der Waals surface area contributed by atoms with Crippen LogP contribution in [0.25, 0.3) is 0 Å². The molecular formula is C23H25BrN2O2. The molecule has 0 unspecified atom stereocenters. The first-order valence-corrected chi connectivity index (χ1v) is 10.2. The van der Waals surface area contributed by atoms with E-state index in [1.807, 2.05) is 42.5 Å². The van der Waals surface area contributed by atoms with Crippen LogP contribution in [-0.4, -0.2) is 18.1 Å². The summed E-state index contributed by atoms with van der Waals surface area (Å²) in [5.41, 5.74) is 3.58. The van der Waals surface area contributed by atoms with Crippen molar-refractivity contribution >= 4 is 15.9 Å². The molecule has 0 radical (unpaired) electrons. The summed E-state index contributed by atoms with van der Waals surface area (Å²) in [6.07, 6.45) is 2.64. The average Bonchev–Trinajstić information content (AvgIpc) is 2.72. The Hall–Kier alpha value is -2.37. The summed E-state index contributed by atoms with van der Waals surface area (Å²) < 4.78 is 12.8. The van der Waals surface area contributed by atoms with E-state index in [0.717, 1.165) is 35.3 Å². The van der Waals surface area contributed by atoms with Crippen molar-refractivity contribution in [3.05, 3.63) is 88.0 Å². The minimum Gasteiger partial charge on any atom is -0.489 e. The summed E-state index contributed by atoms with van der Waals surface area (Å²) in [6, 6.07) is 20.1. The number of pyridine rings is 1. The maximum atomic E-state index is 6.10. The fourth-order valence-electron chi connectivity index (χ4n) is 2.78.